The molecule has 340 valence electrons. The first-order valence-corrected chi connectivity index (χ1v) is 22.5. The van der Waals surface area contributed by atoms with Crippen LogP contribution in [0.25, 0.3) is 44.2 Å². The SMILES string of the molecule is COC(=O)NC(C=C(C)C)C(=O)N1[C@@H](C)CC[C@H]1c1nc2c(ccc3cc4c(cc32)OCc2cc(-c3cnc([C@@H]5CC[C@H](C)N5C(O)[C@@H](NC(O)OC)C5CCOCC5)[nH]3)ccc2-4)[nH]1. The number of hydrogen-bond donors (Lipinski definition) is 6. The van der Waals surface area contributed by atoms with Crippen molar-refractivity contribution in [2.24, 2.45) is 5.92 Å². The summed E-state index contributed by atoms with van der Waals surface area (Å²) in [7, 11) is 2.72. The first-order chi connectivity index (χ1) is 30.9. The average molecular weight is 877 g/mol. The van der Waals surface area contributed by atoms with E-state index < -0.39 is 30.8 Å². The topological polar surface area (TPSA) is 199 Å². The van der Waals surface area contributed by atoms with E-state index in [0.29, 0.717) is 25.6 Å². The maximum atomic E-state index is 14.0. The number of fused-ring (bicyclic) bond motifs is 6. The fourth-order valence-corrected chi connectivity index (χ4v) is 10.4. The van der Waals surface area contributed by atoms with Gasteiger partial charge in [-0.05, 0) is 118 Å². The number of aromatic nitrogens is 4. The number of nitrogens with zero attached hydrogens (tertiary/aromatic N) is 4. The number of methoxy groups -OCH3 is 2. The van der Waals surface area contributed by atoms with Gasteiger partial charge in [-0.3, -0.25) is 15.0 Å². The van der Waals surface area contributed by atoms with Crippen LogP contribution in [0.15, 0.2) is 60.3 Å². The standard InChI is InChI=1S/C48H60N8O8/c1-25(2)19-36(52-47(59)61-5)45(57)55-26(3)8-14-39(55)44-50-35-12-10-29-21-34-32-11-9-30(20-31(32)24-64-40(34)22-33(29)42(35)53-44)37-23-49-43(51-37)38-13-7-27(4)56(38)46(58)41(54-48(60)62-6)28-15-17-63-18-16-28/h9-12,19-23,26-28,36,38-39,41,46,48,54,58,60H,7-8,13-18,24H2,1-6H3,(H,49,51)(H,50,53)(H,52,59)/t26-,27-,36?,38-,39-,41-,46?,48?/m0/s1. The van der Waals surface area contributed by atoms with Crippen LogP contribution in [0, 0.1) is 5.92 Å². The Morgan fingerprint density at radius 1 is 0.922 bits per heavy atom. The highest BCUT2D eigenvalue weighted by atomic mass is 16.6. The molecule has 0 bridgehead atoms. The fourth-order valence-electron chi connectivity index (χ4n) is 10.4. The van der Waals surface area contributed by atoms with Gasteiger partial charge >= 0.3 is 6.09 Å². The number of imidazole rings is 2. The minimum absolute atomic E-state index is 0.0483. The van der Waals surface area contributed by atoms with E-state index in [0.717, 1.165) is 105 Å². The van der Waals surface area contributed by atoms with Gasteiger partial charge in [-0.15, -0.1) is 0 Å². The second kappa shape index (κ2) is 18.3. The first kappa shape index (κ1) is 43.9. The third kappa shape index (κ3) is 8.38. The maximum absolute atomic E-state index is 14.0. The molecule has 3 saturated heterocycles. The number of hydrogen-bond acceptors (Lipinski definition) is 12. The summed E-state index contributed by atoms with van der Waals surface area (Å²) in [4.78, 5) is 47.3. The van der Waals surface area contributed by atoms with Crippen molar-refractivity contribution in [2.75, 3.05) is 27.4 Å². The molecule has 4 aliphatic rings. The van der Waals surface area contributed by atoms with Crippen LogP contribution in [-0.2, 0) is 25.6 Å². The molecule has 0 spiro atoms. The molecule has 64 heavy (non-hydrogen) atoms. The van der Waals surface area contributed by atoms with Crippen LogP contribution < -0.4 is 15.4 Å². The summed E-state index contributed by atoms with van der Waals surface area (Å²) in [6.07, 6.45) is 5.71. The van der Waals surface area contributed by atoms with Crippen molar-refractivity contribution in [3.05, 3.63) is 77.5 Å². The number of likely N-dealkylation sites (tertiary alicyclic amines) is 2. The van der Waals surface area contributed by atoms with Crippen molar-refractivity contribution in [3.8, 4) is 28.1 Å². The van der Waals surface area contributed by atoms with Crippen LogP contribution in [0.4, 0.5) is 4.79 Å². The lowest BCUT2D eigenvalue weighted by Crippen LogP contribution is -2.58. The Balaban J connectivity index is 0.959. The Morgan fingerprint density at radius 2 is 1.70 bits per heavy atom. The zero-order valence-electron chi connectivity index (χ0n) is 37.4. The van der Waals surface area contributed by atoms with Crippen LogP contribution in [0.3, 0.4) is 0 Å². The Bertz CT molecular complexity index is 2550. The summed E-state index contributed by atoms with van der Waals surface area (Å²) < 4.78 is 22.1. The highest BCUT2D eigenvalue weighted by Gasteiger charge is 2.44. The number of aliphatic hydroxyl groups excluding tert-OH is 2. The fraction of sp³-hybridized carbons (Fsp3) is 0.500. The Morgan fingerprint density at radius 3 is 2.47 bits per heavy atom. The molecule has 0 radical (unpaired) electrons. The van der Waals surface area contributed by atoms with E-state index in [1.807, 2.05) is 37.9 Å². The van der Waals surface area contributed by atoms with Gasteiger partial charge in [0.25, 0.3) is 0 Å². The van der Waals surface area contributed by atoms with Crippen LogP contribution in [0.5, 0.6) is 5.75 Å². The zero-order chi connectivity index (χ0) is 44.8. The van der Waals surface area contributed by atoms with Gasteiger partial charge < -0.3 is 49.3 Å². The smallest absolute Gasteiger partial charge is 0.407 e. The molecule has 2 aromatic heterocycles. The van der Waals surface area contributed by atoms with E-state index in [1.165, 1.54) is 14.2 Å². The molecule has 4 aliphatic heterocycles. The van der Waals surface area contributed by atoms with Crippen molar-refractivity contribution in [2.45, 2.75) is 122 Å². The molecule has 0 aliphatic carbocycles. The number of amides is 2. The number of carbonyl (C=O) groups excluding carboxylic acids is 2. The molecular formula is C48H60N8O8. The number of benzene rings is 3. The number of aliphatic hydroxyl groups is 2. The Kier molecular flexibility index (Phi) is 12.5. The molecule has 6 N–H and O–H groups in total. The Hall–Kier alpha value is -5.36. The van der Waals surface area contributed by atoms with Crippen LogP contribution in [0.2, 0.25) is 0 Å². The third-order valence-corrected chi connectivity index (χ3v) is 13.7. The second-order valence-corrected chi connectivity index (χ2v) is 18.1. The lowest BCUT2D eigenvalue weighted by Gasteiger charge is -2.41. The van der Waals surface area contributed by atoms with E-state index in [9.17, 15) is 19.8 Å². The van der Waals surface area contributed by atoms with E-state index in [4.69, 9.17) is 28.9 Å². The van der Waals surface area contributed by atoms with Crippen molar-refractivity contribution < 1.29 is 38.7 Å². The van der Waals surface area contributed by atoms with Crippen LogP contribution in [-0.4, -0.2) is 116 Å². The van der Waals surface area contributed by atoms with E-state index >= 15 is 0 Å². The lowest BCUT2D eigenvalue weighted by molar-refractivity contribution is -0.143. The third-order valence-electron chi connectivity index (χ3n) is 13.7. The van der Waals surface area contributed by atoms with E-state index in [1.54, 1.807) is 6.08 Å². The molecule has 3 fully saturated rings. The second-order valence-electron chi connectivity index (χ2n) is 18.1. The molecule has 5 aromatic rings. The van der Waals surface area contributed by atoms with Crippen LogP contribution >= 0.6 is 0 Å². The summed E-state index contributed by atoms with van der Waals surface area (Å²) in [6, 6.07) is 13.1. The van der Waals surface area contributed by atoms with Gasteiger partial charge in [0.1, 0.15) is 36.3 Å². The number of allylic oxidation sites excluding steroid dienone is 1. The summed E-state index contributed by atoms with van der Waals surface area (Å²) >= 11 is 0. The highest BCUT2D eigenvalue weighted by Crippen LogP contribution is 2.44. The predicted molar refractivity (Wildman–Crippen MR) is 241 cm³/mol. The molecule has 16 heteroatoms. The predicted octanol–water partition coefficient (Wildman–Crippen LogP) is 6.56. The molecule has 8 atom stereocenters. The highest BCUT2D eigenvalue weighted by molar-refractivity contribution is 6.07. The van der Waals surface area contributed by atoms with Gasteiger partial charge in [0.15, 0.2) is 0 Å². The number of carbonyl (C=O) groups is 2. The first-order valence-electron chi connectivity index (χ1n) is 22.5. The zero-order valence-corrected chi connectivity index (χ0v) is 37.4. The number of aromatic amines is 2. The van der Waals surface area contributed by atoms with Gasteiger partial charge in [0.2, 0.25) is 12.3 Å². The number of rotatable bonds is 12. The van der Waals surface area contributed by atoms with Crippen molar-refractivity contribution in [1.82, 2.24) is 40.4 Å². The summed E-state index contributed by atoms with van der Waals surface area (Å²) in [6.45, 7) is 9.57. The van der Waals surface area contributed by atoms with Gasteiger partial charge in [0, 0.05) is 43.4 Å². The van der Waals surface area contributed by atoms with Gasteiger partial charge in [-0.1, -0.05) is 29.8 Å². The maximum Gasteiger partial charge on any atom is 0.407 e. The minimum atomic E-state index is -1.20. The molecule has 9 rings (SSSR count). The summed E-state index contributed by atoms with van der Waals surface area (Å²) in [5.41, 5.74) is 7.61. The largest absolute Gasteiger partial charge is 0.488 e. The average Bonchev–Trinajstić information content (AvgIpc) is 4.12. The summed E-state index contributed by atoms with van der Waals surface area (Å²) in [5, 5.41) is 30.2. The van der Waals surface area contributed by atoms with Crippen molar-refractivity contribution in [1.29, 1.82) is 0 Å². The number of ether oxygens (including phenoxy) is 4. The number of alkyl carbamates (subject to hydrolysis) is 1. The van der Waals surface area contributed by atoms with Gasteiger partial charge in [-0.25, -0.2) is 14.8 Å². The van der Waals surface area contributed by atoms with Crippen molar-refractivity contribution in [3.63, 3.8) is 0 Å². The monoisotopic (exact) mass is 876 g/mol. The molecule has 6 heterocycles. The minimum Gasteiger partial charge on any atom is -0.488 e. The Labute approximate surface area is 372 Å². The van der Waals surface area contributed by atoms with E-state index in [2.05, 4.69) is 68.8 Å². The summed E-state index contributed by atoms with van der Waals surface area (Å²) in [5.74, 6) is 2.18. The molecule has 0 saturated carbocycles. The molecular weight excluding hydrogens is 817 g/mol. The number of nitrogens with one attached hydrogen (secondary N) is 4. The van der Waals surface area contributed by atoms with E-state index in [-0.39, 0.29) is 36.0 Å². The molecule has 16 nitrogen and oxygen atoms in total. The van der Waals surface area contributed by atoms with Crippen LogP contribution in [0.1, 0.15) is 95.5 Å². The van der Waals surface area contributed by atoms with Crippen molar-refractivity contribution >= 4 is 33.8 Å². The molecule has 3 aromatic carbocycles. The molecule has 3 unspecified atom stereocenters. The van der Waals surface area contributed by atoms with Gasteiger partial charge in [-0.2, -0.15) is 0 Å². The quantitative estimate of drug-likeness (QED) is 0.0584. The lowest BCUT2D eigenvalue weighted by atomic mass is 9.89. The normalized spacial score (nSPS) is 23.3. The van der Waals surface area contributed by atoms with Gasteiger partial charge in [0.05, 0.1) is 48.2 Å². The number of H-pyrrole nitrogens is 2. The molecule has 2 amide bonds.